The van der Waals surface area contributed by atoms with Gasteiger partial charge in [-0.2, -0.15) is 10.3 Å². The minimum absolute atomic E-state index is 0.282. The molecule has 0 atom stereocenters. The first-order valence-corrected chi connectivity index (χ1v) is 2.18. The van der Waals surface area contributed by atoms with Gasteiger partial charge >= 0.3 is 0 Å². The van der Waals surface area contributed by atoms with E-state index < -0.39 is 0 Å². The average Bonchev–Trinajstić information content (AvgIpc) is 1.83. The van der Waals surface area contributed by atoms with Crippen LogP contribution < -0.4 is 11.1 Å². The van der Waals surface area contributed by atoms with Gasteiger partial charge in [0.05, 0.1) is 6.54 Å². The van der Waals surface area contributed by atoms with Crippen molar-refractivity contribution in [1.29, 1.82) is 5.26 Å². The van der Waals surface area contributed by atoms with E-state index in [9.17, 15) is 0 Å². The standard InChI is InChI=1S/C4H8N4/c1-7-4(2-5)8-3-6/h2,5H2,1H3,(H,7,8). The summed E-state index contributed by atoms with van der Waals surface area (Å²) in [7, 11) is 1.67. The van der Waals surface area contributed by atoms with E-state index in [0.29, 0.717) is 5.84 Å². The van der Waals surface area contributed by atoms with Gasteiger partial charge in [-0.15, -0.1) is 0 Å². The molecule has 0 amide bonds. The number of nitrogens with zero attached hydrogens (tertiary/aromatic N) is 2. The highest BCUT2D eigenvalue weighted by Crippen LogP contribution is 1.64. The molecule has 0 fully saturated rings. The second-order valence-electron chi connectivity index (χ2n) is 1.11. The third-order valence-electron chi connectivity index (χ3n) is 0.667. The van der Waals surface area contributed by atoms with Crippen LogP contribution in [0.1, 0.15) is 0 Å². The van der Waals surface area contributed by atoms with Gasteiger partial charge in [-0.1, -0.05) is 0 Å². The molecule has 0 radical (unpaired) electrons. The van der Waals surface area contributed by atoms with Gasteiger partial charge in [0, 0.05) is 7.05 Å². The predicted molar refractivity (Wildman–Crippen MR) is 31.2 cm³/mol. The Morgan fingerprint density at radius 3 is 2.75 bits per heavy atom. The Bertz CT molecular complexity index is 114. The number of amidine groups is 1. The molecule has 0 saturated heterocycles. The minimum atomic E-state index is 0.282. The maximum Gasteiger partial charge on any atom is 0.207 e. The van der Waals surface area contributed by atoms with E-state index >= 15 is 0 Å². The van der Waals surface area contributed by atoms with E-state index in [-0.39, 0.29) is 6.54 Å². The fourth-order valence-electron chi connectivity index (χ4n) is 0.264. The molecule has 0 spiro atoms. The number of hydrogen-bond acceptors (Lipinski definition) is 3. The van der Waals surface area contributed by atoms with Crippen LogP contribution in [0.3, 0.4) is 0 Å². The van der Waals surface area contributed by atoms with Crippen LogP contribution in [0.4, 0.5) is 0 Å². The average molecular weight is 112 g/mol. The number of nitrogens with two attached hydrogens (primary N) is 1. The van der Waals surface area contributed by atoms with Gasteiger partial charge in [0.15, 0.2) is 0 Å². The summed E-state index contributed by atoms with van der Waals surface area (Å²) in [5.41, 5.74) is 5.12. The molecular formula is C4H8N4. The first-order valence-electron chi connectivity index (χ1n) is 2.18. The van der Waals surface area contributed by atoms with E-state index in [1.807, 2.05) is 0 Å². The molecule has 3 N–H and O–H groups in total. The highest BCUT2D eigenvalue weighted by Gasteiger charge is 1.85. The van der Waals surface area contributed by atoms with Gasteiger partial charge in [0.1, 0.15) is 5.84 Å². The van der Waals surface area contributed by atoms with Crippen molar-refractivity contribution in [3.63, 3.8) is 0 Å². The van der Waals surface area contributed by atoms with E-state index in [0.717, 1.165) is 0 Å². The second kappa shape index (κ2) is 4.09. The SMILES string of the molecule is CN/C(CN)=N/C#N. The summed E-state index contributed by atoms with van der Waals surface area (Å²) in [6.07, 6.45) is 1.62. The summed E-state index contributed by atoms with van der Waals surface area (Å²) < 4.78 is 0. The molecule has 0 heterocycles. The van der Waals surface area contributed by atoms with Crippen molar-refractivity contribution in [3.05, 3.63) is 0 Å². The van der Waals surface area contributed by atoms with Crippen LogP contribution in [0, 0.1) is 11.5 Å². The molecule has 0 aliphatic carbocycles. The van der Waals surface area contributed by atoms with Gasteiger partial charge < -0.3 is 11.1 Å². The molecule has 8 heavy (non-hydrogen) atoms. The molecule has 0 aromatic carbocycles. The number of likely N-dealkylation sites (N-methyl/N-ethyl adjacent to an activating group) is 1. The summed E-state index contributed by atoms with van der Waals surface area (Å²) in [6.45, 7) is 0.282. The maximum absolute atomic E-state index is 7.97. The molecule has 0 aliphatic heterocycles. The van der Waals surface area contributed by atoms with Crippen LogP contribution in [0.15, 0.2) is 4.99 Å². The monoisotopic (exact) mass is 112 g/mol. The molecule has 4 nitrogen and oxygen atoms in total. The fraction of sp³-hybridized carbons (Fsp3) is 0.500. The van der Waals surface area contributed by atoms with Crippen LogP contribution in [0.25, 0.3) is 0 Å². The van der Waals surface area contributed by atoms with E-state index in [2.05, 4.69) is 10.3 Å². The fourth-order valence-corrected chi connectivity index (χ4v) is 0.264. The van der Waals surface area contributed by atoms with Crippen LogP contribution in [-0.2, 0) is 0 Å². The van der Waals surface area contributed by atoms with Crippen molar-refractivity contribution >= 4 is 5.84 Å². The molecule has 0 saturated carbocycles. The summed E-state index contributed by atoms with van der Waals surface area (Å²) >= 11 is 0. The van der Waals surface area contributed by atoms with Crippen molar-refractivity contribution in [1.82, 2.24) is 5.32 Å². The van der Waals surface area contributed by atoms with Gasteiger partial charge in [-0.3, -0.25) is 0 Å². The highest BCUT2D eigenvalue weighted by atomic mass is 15.0. The molecule has 0 aromatic heterocycles. The molecule has 0 rings (SSSR count). The first kappa shape index (κ1) is 6.92. The lowest BCUT2D eigenvalue weighted by Gasteiger charge is -1.94. The van der Waals surface area contributed by atoms with Gasteiger partial charge in [-0.25, -0.2) is 0 Å². The van der Waals surface area contributed by atoms with Crippen LogP contribution in [0.2, 0.25) is 0 Å². The zero-order valence-electron chi connectivity index (χ0n) is 4.68. The van der Waals surface area contributed by atoms with E-state index in [1.54, 1.807) is 13.2 Å². The zero-order valence-corrected chi connectivity index (χ0v) is 4.68. The zero-order chi connectivity index (χ0) is 6.41. The highest BCUT2D eigenvalue weighted by molar-refractivity contribution is 5.84. The van der Waals surface area contributed by atoms with Gasteiger partial charge in [-0.05, 0) is 0 Å². The van der Waals surface area contributed by atoms with Gasteiger partial charge in [0.2, 0.25) is 6.19 Å². The van der Waals surface area contributed by atoms with Crippen LogP contribution >= 0.6 is 0 Å². The third-order valence-corrected chi connectivity index (χ3v) is 0.667. The summed E-state index contributed by atoms with van der Waals surface area (Å²) in [5.74, 6) is 0.507. The normalized spacial score (nSPS) is 10.4. The molecule has 0 aliphatic rings. The Balaban J connectivity index is 3.72. The smallest absolute Gasteiger partial charge is 0.207 e. The van der Waals surface area contributed by atoms with Crippen molar-refractivity contribution in [2.45, 2.75) is 0 Å². The Morgan fingerprint density at radius 1 is 2.00 bits per heavy atom. The Hall–Kier alpha value is -1.08. The number of hydrogen-bond donors (Lipinski definition) is 2. The van der Waals surface area contributed by atoms with Crippen molar-refractivity contribution in [2.75, 3.05) is 13.6 Å². The molecular weight excluding hydrogens is 104 g/mol. The second-order valence-corrected chi connectivity index (χ2v) is 1.11. The van der Waals surface area contributed by atoms with Crippen molar-refractivity contribution in [2.24, 2.45) is 10.7 Å². The van der Waals surface area contributed by atoms with E-state index in [4.69, 9.17) is 11.0 Å². The lowest BCUT2D eigenvalue weighted by Crippen LogP contribution is -2.26. The summed E-state index contributed by atoms with van der Waals surface area (Å²) in [4.78, 5) is 3.35. The lowest BCUT2D eigenvalue weighted by atomic mass is 10.6. The molecule has 0 aromatic rings. The summed E-state index contributed by atoms with van der Waals surface area (Å²) in [5, 5.41) is 10.6. The number of nitrogens with one attached hydrogen (secondary N) is 1. The van der Waals surface area contributed by atoms with Crippen LogP contribution in [0.5, 0.6) is 0 Å². The first-order chi connectivity index (χ1) is 3.85. The predicted octanol–water partition coefficient (Wildman–Crippen LogP) is -0.956. The van der Waals surface area contributed by atoms with Crippen molar-refractivity contribution < 1.29 is 0 Å². The number of rotatable bonds is 1. The maximum atomic E-state index is 7.97. The molecule has 4 heteroatoms. The van der Waals surface area contributed by atoms with Crippen molar-refractivity contribution in [3.8, 4) is 6.19 Å². The Labute approximate surface area is 48.0 Å². The Kier molecular flexibility index (Phi) is 3.54. The topological polar surface area (TPSA) is 74.2 Å². The lowest BCUT2D eigenvalue weighted by molar-refractivity contribution is 1.10. The third kappa shape index (κ3) is 2.16. The minimum Gasteiger partial charge on any atom is -0.375 e. The van der Waals surface area contributed by atoms with E-state index in [1.165, 1.54) is 0 Å². The molecule has 44 valence electrons. The molecule has 0 unspecified atom stereocenters. The van der Waals surface area contributed by atoms with Crippen LogP contribution in [-0.4, -0.2) is 19.4 Å². The Morgan fingerprint density at radius 2 is 2.62 bits per heavy atom. The number of nitriles is 1. The quantitative estimate of drug-likeness (QED) is 0.261. The molecule has 0 bridgehead atoms. The van der Waals surface area contributed by atoms with Gasteiger partial charge in [0.25, 0.3) is 0 Å². The summed E-state index contributed by atoms with van der Waals surface area (Å²) in [6, 6.07) is 0. The largest absolute Gasteiger partial charge is 0.375 e. The number of aliphatic imine (C=N–C) groups is 1.